The Labute approximate surface area is 102 Å². The highest BCUT2D eigenvalue weighted by atomic mass is 16.3. The molecule has 0 spiro atoms. The van der Waals surface area contributed by atoms with Gasteiger partial charge in [-0.15, -0.1) is 0 Å². The van der Waals surface area contributed by atoms with Gasteiger partial charge >= 0.3 is 0 Å². The molecule has 2 atom stereocenters. The van der Waals surface area contributed by atoms with Crippen molar-refractivity contribution in [1.29, 1.82) is 0 Å². The van der Waals surface area contributed by atoms with Gasteiger partial charge in [-0.25, -0.2) is 0 Å². The van der Waals surface area contributed by atoms with Crippen LogP contribution in [0.5, 0.6) is 0 Å². The second kappa shape index (κ2) is 5.36. The first-order valence-electron chi connectivity index (χ1n) is 6.24. The SMILES string of the molecule is Cc1occc1C(=O)NC(C)C1CCCNC1. The molecule has 0 aliphatic carbocycles. The van der Waals surface area contributed by atoms with Gasteiger partial charge in [0.15, 0.2) is 0 Å². The number of furan rings is 1. The van der Waals surface area contributed by atoms with E-state index in [1.165, 1.54) is 12.8 Å². The lowest BCUT2D eigenvalue weighted by Crippen LogP contribution is -2.44. The molecular weight excluding hydrogens is 216 g/mol. The molecule has 1 amide bonds. The summed E-state index contributed by atoms with van der Waals surface area (Å²) in [6.45, 7) is 5.97. The van der Waals surface area contributed by atoms with Crippen molar-refractivity contribution < 1.29 is 9.21 Å². The van der Waals surface area contributed by atoms with Crippen molar-refractivity contribution in [2.24, 2.45) is 5.92 Å². The number of aryl methyl sites for hydroxylation is 1. The van der Waals surface area contributed by atoms with Crippen LogP contribution in [0.4, 0.5) is 0 Å². The van der Waals surface area contributed by atoms with Crippen molar-refractivity contribution in [3.8, 4) is 0 Å². The Kier molecular flexibility index (Phi) is 3.84. The van der Waals surface area contributed by atoms with Crippen molar-refractivity contribution in [3.05, 3.63) is 23.7 Å². The highest BCUT2D eigenvalue weighted by molar-refractivity contribution is 5.95. The van der Waals surface area contributed by atoms with Crippen LogP contribution in [0.25, 0.3) is 0 Å². The summed E-state index contributed by atoms with van der Waals surface area (Å²) in [7, 11) is 0. The Morgan fingerprint density at radius 2 is 2.47 bits per heavy atom. The van der Waals surface area contributed by atoms with Crippen molar-refractivity contribution in [2.75, 3.05) is 13.1 Å². The van der Waals surface area contributed by atoms with E-state index < -0.39 is 0 Å². The monoisotopic (exact) mass is 236 g/mol. The maximum Gasteiger partial charge on any atom is 0.255 e. The van der Waals surface area contributed by atoms with Gasteiger partial charge in [0.1, 0.15) is 5.76 Å². The Morgan fingerprint density at radius 3 is 3.06 bits per heavy atom. The van der Waals surface area contributed by atoms with Gasteiger partial charge in [-0.3, -0.25) is 4.79 Å². The number of amides is 1. The van der Waals surface area contributed by atoms with E-state index in [1.54, 1.807) is 12.3 Å². The standard InChI is InChI=1S/C13H20N2O2/c1-9(11-4-3-6-14-8-11)15-13(16)12-5-7-17-10(12)2/h5,7,9,11,14H,3-4,6,8H2,1-2H3,(H,15,16). The molecular formula is C13H20N2O2. The first-order valence-corrected chi connectivity index (χ1v) is 6.24. The molecule has 94 valence electrons. The number of nitrogens with one attached hydrogen (secondary N) is 2. The van der Waals surface area contributed by atoms with Crippen LogP contribution in [0.3, 0.4) is 0 Å². The van der Waals surface area contributed by atoms with E-state index in [9.17, 15) is 4.79 Å². The summed E-state index contributed by atoms with van der Waals surface area (Å²) in [5, 5.41) is 6.42. The normalized spacial score (nSPS) is 22.1. The zero-order valence-electron chi connectivity index (χ0n) is 10.5. The van der Waals surface area contributed by atoms with Crippen LogP contribution in [0.1, 0.15) is 35.9 Å². The van der Waals surface area contributed by atoms with E-state index in [2.05, 4.69) is 17.6 Å². The van der Waals surface area contributed by atoms with Crippen molar-refractivity contribution >= 4 is 5.91 Å². The van der Waals surface area contributed by atoms with Gasteiger partial charge in [-0.1, -0.05) is 0 Å². The molecule has 2 unspecified atom stereocenters. The highest BCUT2D eigenvalue weighted by Crippen LogP contribution is 2.15. The highest BCUT2D eigenvalue weighted by Gasteiger charge is 2.22. The van der Waals surface area contributed by atoms with Crippen LogP contribution in [0.2, 0.25) is 0 Å². The van der Waals surface area contributed by atoms with Gasteiger partial charge in [0.25, 0.3) is 5.91 Å². The van der Waals surface area contributed by atoms with E-state index in [1.807, 2.05) is 6.92 Å². The number of piperidine rings is 1. The molecule has 2 heterocycles. The first-order chi connectivity index (χ1) is 8.18. The number of hydrogen-bond acceptors (Lipinski definition) is 3. The zero-order chi connectivity index (χ0) is 12.3. The molecule has 1 aromatic heterocycles. The quantitative estimate of drug-likeness (QED) is 0.840. The zero-order valence-corrected chi connectivity index (χ0v) is 10.5. The van der Waals surface area contributed by atoms with E-state index in [0.29, 0.717) is 17.2 Å². The Balaban J connectivity index is 1.92. The lowest BCUT2D eigenvalue weighted by molar-refractivity contribution is 0.0920. The maximum absolute atomic E-state index is 12.0. The van der Waals surface area contributed by atoms with Crippen LogP contribution in [0.15, 0.2) is 16.7 Å². The molecule has 1 fully saturated rings. The molecule has 4 nitrogen and oxygen atoms in total. The van der Waals surface area contributed by atoms with E-state index >= 15 is 0 Å². The average molecular weight is 236 g/mol. The minimum Gasteiger partial charge on any atom is -0.469 e. The molecule has 17 heavy (non-hydrogen) atoms. The number of carbonyl (C=O) groups is 1. The lowest BCUT2D eigenvalue weighted by atomic mass is 9.92. The molecule has 0 aromatic carbocycles. The third kappa shape index (κ3) is 2.88. The molecule has 2 N–H and O–H groups in total. The summed E-state index contributed by atoms with van der Waals surface area (Å²) in [6, 6.07) is 1.92. The fraction of sp³-hybridized carbons (Fsp3) is 0.615. The fourth-order valence-corrected chi connectivity index (χ4v) is 2.33. The van der Waals surface area contributed by atoms with Crippen molar-refractivity contribution in [1.82, 2.24) is 10.6 Å². The van der Waals surface area contributed by atoms with Crippen LogP contribution in [-0.2, 0) is 0 Å². The lowest BCUT2D eigenvalue weighted by Gasteiger charge is -2.28. The predicted octanol–water partition coefficient (Wildman–Crippen LogP) is 1.71. The summed E-state index contributed by atoms with van der Waals surface area (Å²) in [5.74, 6) is 1.17. The van der Waals surface area contributed by atoms with Crippen LogP contribution in [-0.4, -0.2) is 25.0 Å². The molecule has 0 radical (unpaired) electrons. The molecule has 0 saturated carbocycles. The molecule has 2 rings (SSSR count). The van der Waals surface area contributed by atoms with E-state index in [0.717, 1.165) is 13.1 Å². The van der Waals surface area contributed by atoms with Crippen molar-refractivity contribution in [3.63, 3.8) is 0 Å². The smallest absolute Gasteiger partial charge is 0.255 e. The molecule has 1 saturated heterocycles. The predicted molar refractivity (Wildman–Crippen MR) is 66.0 cm³/mol. The Hall–Kier alpha value is -1.29. The summed E-state index contributed by atoms with van der Waals surface area (Å²) in [5.41, 5.74) is 0.639. The summed E-state index contributed by atoms with van der Waals surface area (Å²) < 4.78 is 5.14. The first kappa shape index (κ1) is 12.2. The summed E-state index contributed by atoms with van der Waals surface area (Å²) >= 11 is 0. The fourth-order valence-electron chi connectivity index (χ4n) is 2.33. The van der Waals surface area contributed by atoms with Gasteiger partial charge in [-0.2, -0.15) is 0 Å². The second-order valence-corrected chi connectivity index (χ2v) is 4.76. The Bertz CT molecular complexity index is 381. The van der Waals surface area contributed by atoms with E-state index in [-0.39, 0.29) is 11.9 Å². The van der Waals surface area contributed by atoms with Gasteiger partial charge in [0.2, 0.25) is 0 Å². The summed E-state index contributed by atoms with van der Waals surface area (Å²) in [4.78, 5) is 12.0. The van der Waals surface area contributed by atoms with Crippen LogP contribution in [0, 0.1) is 12.8 Å². The minimum absolute atomic E-state index is 0.0330. The number of carbonyl (C=O) groups excluding carboxylic acids is 1. The number of rotatable bonds is 3. The van der Waals surface area contributed by atoms with Crippen LogP contribution < -0.4 is 10.6 Å². The minimum atomic E-state index is -0.0330. The van der Waals surface area contributed by atoms with Gasteiger partial charge in [0, 0.05) is 6.04 Å². The molecule has 1 aliphatic rings. The largest absolute Gasteiger partial charge is 0.469 e. The van der Waals surface area contributed by atoms with Gasteiger partial charge in [-0.05, 0) is 51.8 Å². The Morgan fingerprint density at radius 1 is 1.65 bits per heavy atom. The summed E-state index contributed by atoms with van der Waals surface area (Å²) in [6.07, 6.45) is 3.92. The topological polar surface area (TPSA) is 54.3 Å². The van der Waals surface area contributed by atoms with Gasteiger partial charge in [0.05, 0.1) is 11.8 Å². The molecule has 0 bridgehead atoms. The maximum atomic E-state index is 12.0. The molecule has 1 aliphatic heterocycles. The third-order valence-electron chi connectivity index (χ3n) is 3.50. The second-order valence-electron chi connectivity index (χ2n) is 4.76. The van der Waals surface area contributed by atoms with Crippen LogP contribution >= 0.6 is 0 Å². The molecule has 1 aromatic rings. The van der Waals surface area contributed by atoms with Crippen molar-refractivity contribution in [2.45, 2.75) is 32.7 Å². The average Bonchev–Trinajstić information content (AvgIpc) is 2.76. The van der Waals surface area contributed by atoms with E-state index in [4.69, 9.17) is 4.42 Å². The third-order valence-corrected chi connectivity index (χ3v) is 3.50. The number of hydrogen-bond donors (Lipinski definition) is 2. The van der Waals surface area contributed by atoms with Gasteiger partial charge < -0.3 is 15.1 Å². The molecule has 4 heteroatoms.